The topological polar surface area (TPSA) is 86.7 Å². The zero-order chi connectivity index (χ0) is 9.61. The van der Waals surface area contributed by atoms with E-state index in [1.165, 1.54) is 0 Å². The molecule has 0 amide bonds. The fourth-order valence-corrected chi connectivity index (χ4v) is 1.12. The Morgan fingerprint density at radius 1 is 1.17 bits per heavy atom. The molecule has 5 N–H and O–H groups in total. The van der Waals surface area contributed by atoms with Crippen molar-refractivity contribution in [2.75, 3.05) is 19.8 Å². The van der Waals surface area contributed by atoms with Crippen molar-refractivity contribution in [2.24, 2.45) is 11.1 Å². The molecule has 1 atom stereocenters. The van der Waals surface area contributed by atoms with Crippen LogP contribution in [0.15, 0.2) is 0 Å². The zero-order valence-electron chi connectivity index (χ0n) is 7.53. The van der Waals surface area contributed by atoms with Crippen LogP contribution in [0.4, 0.5) is 0 Å². The van der Waals surface area contributed by atoms with E-state index in [1.54, 1.807) is 0 Å². The van der Waals surface area contributed by atoms with Gasteiger partial charge in [0.1, 0.15) is 0 Å². The lowest BCUT2D eigenvalue weighted by Crippen LogP contribution is -2.49. The van der Waals surface area contributed by atoms with Crippen LogP contribution in [0.5, 0.6) is 0 Å². The van der Waals surface area contributed by atoms with Crippen molar-refractivity contribution in [1.29, 1.82) is 0 Å². The molecule has 0 rings (SSSR count). The molecule has 0 saturated heterocycles. The summed E-state index contributed by atoms with van der Waals surface area (Å²) in [6.07, 6.45) is 1.57. The Balaban J connectivity index is 4.24. The van der Waals surface area contributed by atoms with Gasteiger partial charge >= 0.3 is 0 Å². The molecule has 0 heterocycles. The first-order chi connectivity index (χ1) is 5.66. The smallest absolute Gasteiger partial charge is 0.0547 e. The van der Waals surface area contributed by atoms with E-state index in [9.17, 15) is 0 Å². The fourth-order valence-electron chi connectivity index (χ4n) is 1.12. The van der Waals surface area contributed by atoms with Gasteiger partial charge in [0.05, 0.1) is 25.2 Å². The van der Waals surface area contributed by atoms with Crippen LogP contribution >= 0.6 is 0 Å². The van der Waals surface area contributed by atoms with Gasteiger partial charge in [0.25, 0.3) is 0 Å². The van der Waals surface area contributed by atoms with Gasteiger partial charge in [-0.3, -0.25) is 0 Å². The summed E-state index contributed by atoms with van der Waals surface area (Å²) in [5.74, 6) is 0. The van der Waals surface area contributed by atoms with E-state index in [-0.39, 0.29) is 25.9 Å². The first kappa shape index (κ1) is 11.8. The van der Waals surface area contributed by atoms with Crippen molar-refractivity contribution in [3.63, 3.8) is 0 Å². The van der Waals surface area contributed by atoms with Crippen molar-refractivity contribution >= 4 is 0 Å². The number of aliphatic hydroxyl groups excluding tert-OH is 3. The maximum atomic E-state index is 8.97. The SMILES string of the molecule is CCCC(N)C(CO)(CO)CO. The average molecular weight is 177 g/mol. The Kier molecular flexibility index (Phi) is 5.41. The molecule has 74 valence electrons. The molecule has 0 fully saturated rings. The summed E-state index contributed by atoms with van der Waals surface area (Å²) < 4.78 is 0. The van der Waals surface area contributed by atoms with Gasteiger partial charge in [-0.25, -0.2) is 0 Å². The quantitative estimate of drug-likeness (QED) is 0.422. The van der Waals surface area contributed by atoms with Crippen molar-refractivity contribution in [3.8, 4) is 0 Å². The molecule has 0 saturated carbocycles. The van der Waals surface area contributed by atoms with Crippen molar-refractivity contribution in [2.45, 2.75) is 25.8 Å². The number of hydrogen-bond acceptors (Lipinski definition) is 4. The highest BCUT2D eigenvalue weighted by Gasteiger charge is 2.34. The molecule has 0 radical (unpaired) electrons. The second-order valence-electron chi connectivity index (χ2n) is 3.23. The van der Waals surface area contributed by atoms with E-state index < -0.39 is 5.41 Å². The second kappa shape index (κ2) is 5.48. The van der Waals surface area contributed by atoms with Crippen LogP contribution in [0.2, 0.25) is 0 Å². The molecular weight excluding hydrogens is 158 g/mol. The maximum Gasteiger partial charge on any atom is 0.0547 e. The lowest BCUT2D eigenvalue weighted by atomic mass is 9.81. The number of rotatable bonds is 6. The molecule has 0 aromatic rings. The maximum absolute atomic E-state index is 8.97. The Morgan fingerprint density at radius 3 is 1.83 bits per heavy atom. The zero-order valence-corrected chi connectivity index (χ0v) is 7.53. The summed E-state index contributed by atoms with van der Waals surface area (Å²) in [6, 6.07) is -0.345. The van der Waals surface area contributed by atoms with E-state index in [0.29, 0.717) is 6.42 Å². The molecule has 0 spiro atoms. The van der Waals surface area contributed by atoms with Crippen LogP contribution in [0.3, 0.4) is 0 Å². The van der Waals surface area contributed by atoms with Crippen molar-refractivity contribution < 1.29 is 15.3 Å². The Labute approximate surface area is 73.0 Å². The van der Waals surface area contributed by atoms with Gasteiger partial charge in [-0.15, -0.1) is 0 Å². The summed E-state index contributed by atoms with van der Waals surface area (Å²) >= 11 is 0. The molecule has 4 heteroatoms. The lowest BCUT2D eigenvalue weighted by Gasteiger charge is -2.33. The molecular formula is C8H19NO3. The molecule has 0 aliphatic heterocycles. The second-order valence-corrected chi connectivity index (χ2v) is 3.23. The molecule has 0 aromatic heterocycles. The molecule has 0 bridgehead atoms. The normalized spacial score (nSPS) is 14.8. The van der Waals surface area contributed by atoms with E-state index in [2.05, 4.69) is 0 Å². The van der Waals surface area contributed by atoms with Crippen LogP contribution in [-0.4, -0.2) is 41.2 Å². The summed E-state index contributed by atoms with van der Waals surface area (Å²) in [5, 5.41) is 26.9. The highest BCUT2D eigenvalue weighted by molar-refractivity contribution is 4.87. The van der Waals surface area contributed by atoms with Gasteiger partial charge in [0.15, 0.2) is 0 Å². The third kappa shape index (κ3) is 2.42. The van der Waals surface area contributed by atoms with Gasteiger partial charge in [-0.05, 0) is 6.42 Å². The third-order valence-electron chi connectivity index (χ3n) is 2.33. The number of nitrogens with two attached hydrogens (primary N) is 1. The van der Waals surface area contributed by atoms with E-state index >= 15 is 0 Å². The highest BCUT2D eigenvalue weighted by Crippen LogP contribution is 2.21. The largest absolute Gasteiger partial charge is 0.396 e. The van der Waals surface area contributed by atoms with Crippen LogP contribution < -0.4 is 5.73 Å². The van der Waals surface area contributed by atoms with Gasteiger partial charge < -0.3 is 21.1 Å². The lowest BCUT2D eigenvalue weighted by molar-refractivity contribution is -0.0150. The fraction of sp³-hybridized carbons (Fsp3) is 1.00. The summed E-state index contributed by atoms with van der Waals surface area (Å²) in [6.45, 7) is 1.14. The van der Waals surface area contributed by atoms with Crippen LogP contribution in [0.25, 0.3) is 0 Å². The minimum absolute atomic E-state index is 0.277. The summed E-state index contributed by atoms with van der Waals surface area (Å²) in [7, 11) is 0. The van der Waals surface area contributed by atoms with E-state index in [4.69, 9.17) is 21.1 Å². The molecule has 4 nitrogen and oxygen atoms in total. The number of aliphatic hydroxyl groups is 3. The van der Waals surface area contributed by atoms with Gasteiger partial charge in [0, 0.05) is 6.04 Å². The van der Waals surface area contributed by atoms with Crippen LogP contribution in [0, 0.1) is 5.41 Å². The Hall–Kier alpha value is -0.160. The first-order valence-electron chi connectivity index (χ1n) is 4.25. The minimum Gasteiger partial charge on any atom is -0.396 e. The summed E-state index contributed by atoms with van der Waals surface area (Å²) in [5.41, 5.74) is 4.79. The number of hydrogen-bond donors (Lipinski definition) is 4. The van der Waals surface area contributed by atoms with Gasteiger partial charge in [0.2, 0.25) is 0 Å². The molecule has 0 aliphatic carbocycles. The van der Waals surface area contributed by atoms with Gasteiger partial charge in [-0.1, -0.05) is 13.3 Å². The van der Waals surface area contributed by atoms with Crippen molar-refractivity contribution in [1.82, 2.24) is 0 Å². The average Bonchev–Trinajstić information content (AvgIpc) is 2.09. The molecule has 1 unspecified atom stereocenters. The molecule has 0 aromatic carbocycles. The first-order valence-corrected chi connectivity index (χ1v) is 4.25. The highest BCUT2D eigenvalue weighted by atomic mass is 16.3. The standard InChI is InChI=1S/C8H19NO3/c1-2-3-7(9)8(4-10,5-11)6-12/h7,10-12H,2-6,9H2,1H3. The predicted molar refractivity (Wildman–Crippen MR) is 46.6 cm³/mol. The minimum atomic E-state index is -0.921. The predicted octanol–water partition coefficient (Wildman–Crippen LogP) is -0.923. The van der Waals surface area contributed by atoms with Crippen LogP contribution in [0.1, 0.15) is 19.8 Å². The monoisotopic (exact) mass is 177 g/mol. The Bertz CT molecular complexity index is 107. The van der Waals surface area contributed by atoms with Crippen molar-refractivity contribution in [3.05, 3.63) is 0 Å². The van der Waals surface area contributed by atoms with Crippen LogP contribution in [-0.2, 0) is 0 Å². The molecule has 12 heavy (non-hydrogen) atoms. The Morgan fingerprint density at radius 2 is 1.58 bits per heavy atom. The van der Waals surface area contributed by atoms with E-state index in [1.807, 2.05) is 6.92 Å². The van der Waals surface area contributed by atoms with Gasteiger partial charge in [-0.2, -0.15) is 0 Å². The molecule has 0 aliphatic rings. The summed E-state index contributed by atoms with van der Waals surface area (Å²) in [4.78, 5) is 0. The van der Waals surface area contributed by atoms with E-state index in [0.717, 1.165) is 6.42 Å². The third-order valence-corrected chi connectivity index (χ3v) is 2.33.